The molecule has 3 heterocycles. The summed E-state index contributed by atoms with van der Waals surface area (Å²) in [6, 6.07) is 24.5. The van der Waals surface area contributed by atoms with Gasteiger partial charge < -0.3 is 21.0 Å². The zero-order valence-corrected chi connectivity index (χ0v) is 22.5. The predicted octanol–water partition coefficient (Wildman–Crippen LogP) is 4.94. The smallest absolute Gasteiger partial charge is 0.234 e. The molecule has 0 aliphatic rings. The van der Waals surface area contributed by atoms with E-state index in [1.165, 1.54) is 16.5 Å². The molecule has 1 atom stereocenters. The number of aromatic nitrogens is 5. The second-order valence-electron chi connectivity index (χ2n) is 10.1. The molecule has 0 bridgehead atoms. The highest BCUT2D eigenvalue weighted by molar-refractivity contribution is 5.84. The van der Waals surface area contributed by atoms with E-state index >= 15 is 0 Å². The van der Waals surface area contributed by atoms with Crippen LogP contribution in [0.1, 0.15) is 41.3 Å². The van der Waals surface area contributed by atoms with E-state index in [2.05, 4.69) is 91.7 Å². The number of hydrogen-bond acceptors (Lipinski definition) is 4. The Balaban J connectivity index is 1.40. The van der Waals surface area contributed by atoms with Crippen molar-refractivity contribution < 1.29 is 4.79 Å². The van der Waals surface area contributed by atoms with Crippen LogP contribution in [0, 0.1) is 0 Å². The number of hydrogen-bond donors (Lipinski definition) is 4. The van der Waals surface area contributed by atoms with Crippen molar-refractivity contribution in [3.63, 3.8) is 0 Å². The highest BCUT2D eigenvalue weighted by Crippen LogP contribution is 2.27. The monoisotopic (exact) mass is 531 g/mol. The highest BCUT2D eigenvalue weighted by atomic mass is 16.1. The maximum atomic E-state index is 12.6. The van der Waals surface area contributed by atoms with Crippen molar-refractivity contribution in [1.29, 1.82) is 0 Å². The van der Waals surface area contributed by atoms with E-state index in [0.717, 1.165) is 46.3 Å². The average molecular weight is 532 g/mol. The number of aryl methyl sites for hydroxylation is 3. The summed E-state index contributed by atoms with van der Waals surface area (Å²) >= 11 is 0. The summed E-state index contributed by atoms with van der Waals surface area (Å²) in [5.74, 6) is 1.29. The molecule has 5 N–H and O–H groups in total. The molecule has 202 valence electrons. The lowest BCUT2D eigenvalue weighted by atomic mass is 10.0. The van der Waals surface area contributed by atoms with Gasteiger partial charge in [0.25, 0.3) is 0 Å². The first-order chi connectivity index (χ1) is 19.6. The van der Waals surface area contributed by atoms with Gasteiger partial charge in [-0.2, -0.15) is 0 Å². The number of H-pyrrole nitrogens is 2. The van der Waals surface area contributed by atoms with E-state index in [1.54, 1.807) is 0 Å². The number of nitrogens with two attached hydrogens (primary N) is 1. The van der Waals surface area contributed by atoms with Gasteiger partial charge in [0.05, 0.1) is 12.6 Å². The minimum absolute atomic E-state index is 0.100. The van der Waals surface area contributed by atoms with Crippen molar-refractivity contribution >= 4 is 27.7 Å². The lowest BCUT2D eigenvalue weighted by Crippen LogP contribution is -2.36. The summed E-state index contributed by atoms with van der Waals surface area (Å²) in [7, 11) is 0. The molecule has 0 radical (unpaired) electrons. The fourth-order valence-electron chi connectivity index (χ4n) is 5.45. The predicted molar refractivity (Wildman–Crippen MR) is 158 cm³/mol. The maximum Gasteiger partial charge on any atom is 0.234 e. The summed E-state index contributed by atoms with van der Waals surface area (Å²) < 4.78 is 2.10. The Morgan fingerprint density at radius 3 is 2.20 bits per heavy atom. The van der Waals surface area contributed by atoms with Crippen molar-refractivity contribution in [2.24, 2.45) is 5.73 Å². The van der Waals surface area contributed by atoms with Gasteiger partial charge in [-0.15, -0.1) is 10.2 Å². The van der Waals surface area contributed by atoms with Crippen molar-refractivity contribution in [2.75, 3.05) is 6.54 Å². The van der Waals surface area contributed by atoms with Crippen LogP contribution in [-0.2, 0) is 30.5 Å². The molecule has 40 heavy (non-hydrogen) atoms. The Bertz CT molecular complexity index is 1760. The average Bonchev–Trinajstić information content (AvgIpc) is 3.73. The number of nitrogens with zero attached hydrogens (tertiary/aromatic N) is 3. The number of benzene rings is 3. The van der Waals surface area contributed by atoms with E-state index in [-0.39, 0.29) is 12.5 Å². The molecule has 0 saturated carbocycles. The highest BCUT2D eigenvalue weighted by Gasteiger charge is 2.25. The first kappa shape index (κ1) is 25.6. The molecule has 0 spiro atoms. The normalized spacial score (nSPS) is 12.2. The zero-order valence-electron chi connectivity index (χ0n) is 22.5. The molecule has 0 unspecified atom stereocenters. The molecule has 0 aliphatic carbocycles. The van der Waals surface area contributed by atoms with Gasteiger partial charge >= 0.3 is 0 Å². The SMILES string of the molecule is CCc1ccc(-n2c(CCc3c[nH]c4ccccc34)nnc2[C@@H](Cc2c[nH]c3ccccc23)NC(=O)CN)cc1. The second kappa shape index (κ2) is 11.2. The van der Waals surface area contributed by atoms with Crippen LogP contribution in [0.4, 0.5) is 0 Å². The third kappa shape index (κ3) is 5.01. The van der Waals surface area contributed by atoms with Crippen LogP contribution in [0.15, 0.2) is 85.2 Å². The van der Waals surface area contributed by atoms with Crippen LogP contribution in [-0.4, -0.2) is 37.2 Å². The molecular formula is C32H33N7O. The van der Waals surface area contributed by atoms with Crippen molar-refractivity contribution in [3.05, 3.63) is 114 Å². The van der Waals surface area contributed by atoms with Crippen LogP contribution in [0.2, 0.25) is 0 Å². The molecule has 8 heteroatoms. The summed E-state index contributed by atoms with van der Waals surface area (Å²) in [5, 5.41) is 14.8. The van der Waals surface area contributed by atoms with Gasteiger partial charge in [-0.25, -0.2) is 0 Å². The van der Waals surface area contributed by atoms with Gasteiger partial charge in [0.2, 0.25) is 5.91 Å². The molecule has 0 saturated heterocycles. The number of carbonyl (C=O) groups excluding carboxylic acids is 1. The molecule has 6 aromatic rings. The van der Waals surface area contributed by atoms with Crippen LogP contribution >= 0.6 is 0 Å². The number of aromatic amines is 2. The standard InChI is InChI=1S/C32H33N7O/c1-2-21-11-14-24(15-12-21)39-30(16-13-22-19-34-27-9-5-3-7-25(22)27)37-38-32(39)29(36-31(40)18-33)17-23-20-35-28-10-6-4-8-26(23)28/h3-12,14-15,19-20,29,34-35H,2,13,16-18,33H2,1H3,(H,36,40)/t29-/m1/s1. The number of amides is 1. The number of fused-ring (bicyclic) bond motifs is 2. The summed E-state index contributed by atoms with van der Waals surface area (Å²) in [6.07, 6.45) is 7.07. The Kier molecular flexibility index (Phi) is 7.16. The number of rotatable bonds is 10. The number of para-hydroxylation sites is 2. The molecule has 0 aliphatic heterocycles. The molecule has 0 fully saturated rings. The fraction of sp³-hybridized carbons (Fsp3) is 0.219. The van der Waals surface area contributed by atoms with Gasteiger partial charge in [0.1, 0.15) is 5.82 Å². The Morgan fingerprint density at radius 2 is 1.52 bits per heavy atom. The molecule has 8 nitrogen and oxygen atoms in total. The molecular weight excluding hydrogens is 498 g/mol. The Hall–Kier alpha value is -4.69. The van der Waals surface area contributed by atoms with Crippen molar-refractivity contribution in [1.82, 2.24) is 30.0 Å². The molecule has 6 rings (SSSR count). The quantitative estimate of drug-likeness (QED) is 0.200. The van der Waals surface area contributed by atoms with Gasteiger partial charge in [0, 0.05) is 52.7 Å². The van der Waals surface area contributed by atoms with Gasteiger partial charge in [-0.1, -0.05) is 55.5 Å². The Morgan fingerprint density at radius 1 is 0.875 bits per heavy atom. The maximum absolute atomic E-state index is 12.6. The van der Waals surface area contributed by atoms with Crippen LogP contribution < -0.4 is 11.1 Å². The fourth-order valence-corrected chi connectivity index (χ4v) is 5.45. The van der Waals surface area contributed by atoms with E-state index in [9.17, 15) is 4.79 Å². The third-order valence-electron chi connectivity index (χ3n) is 7.58. The summed E-state index contributed by atoms with van der Waals surface area (Å²) in [6.45, 7) is 2.04. The number of carbonyl (C=O) groups is 1. The van der Waals surface area contributed by atoms with Crippen molar-refractivity contribution in [3.8, 4) is 5.69 Å². The van der Waals surface area contributed by atoms with Gasteiger partial charge in [-0.05, 0) is 53.8 Å². The van der Waals surface area contributed by atoms with Crippen LogP contribution in [0.3, 0.4) is 0 Å². The van der Waals surface area contributed by atoms with Gasteiger partial charge in [0.15, 0.2) is 5.82 Å². The summed E-state index contributed by atoms with van der Waals surface area (Å²) in [5.41, 5.74) is 12.5. The van der Waals surface area contributed by atoms with Crippen LogP contribution in [0.25, 0.3) is 27.5 Å². The first-order valence-corrected chi connectivity index (χ1v) is 13.8. The van der Waals surface area contributed by atoms with E-state index in [0.29, 0.717) is 18.7 Å². The minimum Gasteiger partial charge on any atom is -0.361 e. The van der Waals surface area contributed by atoms with E-state index < -0.39 is 6.04 Å². The largest absolute Gasteiger partial charge is 0.361 e. The van der Waals surface area contributed by atoms with E-state index in [4.69, 9.17) is 5.73 Å². The van der Waals surface area contributed by atoms with Crippen LogP contribution in [0.5, 0.6) is 0 Å². The Labute approximate surface area is 232 Å². The zero-order chi connectivity index (χ0) is 27.5. The lowest BCUT2D eigenvalue weighted by molar-refractivity contribution is -0.120. The van der Waals surface area contributed by atoms with E-state index in [1.807, 2.05) is 30.5 Å². The minimum atomic E-state index is -0.421. The lowest BCUT2D eigenvalue weighted by Gasteiger charge is -2.20. The molecule has 3 aromatic carbocycles. The third-order valence-corrected chi connectivity index (χ3v) is 7.58. The molecule has 3 aromatic heterocycles. The summed E-state index contributed by atoms with van der Waals surface area (Å²) in [4.78, 5) is 19.3. The first-order valence-electron chi connectivity index (χ1n) is 13.8. The number of nitrogens with one attached hydrogen (secondary N) is 3. The van der Waals surface area contributed by atoms with Gasteiger partial charge in [-0.3, -0.25) is 9.36 Å². The second-order valence-corrected chi connectivity index (χ2v) is 10.1. The topological polar surface area (TPSA) is 117 Å². The van der Waals surface area contributed by atoms with Crippen molar-refractivity contribution in [2.45, 2.75) is 38.6 Å². The molecule has 1 amide bonds.